The van der Waals surface area contributed by atoms with Gasteiger partial charge in [0.2, 0.25) is 0 Å². The molecule has 2 N–H and O–H groups in total. The topological polar surface area (TPSA) is 26.0 Å². The van der Waals surface area contributed by atoms with Gasteiger partial charge in [0.15, 0.2) is 0 Å². The average molecular weight is 165 g/mol. The molecule has 2 heteroatoms. The third-order valence-electron chi connectivity index (χ3n) is 2.48. The van der Waals surface area contributed by atoms with Gasteiger partial charge in [0.1, 0.15) is 5.82 Å². The molecule has 1 aromatic carbocycles. The molecular weight excluding hydrogens is 153 g/mol. The van der Waals surface area contributed by atoms with Crippen molar-refractivity contribution >= 4 is 0 Å². The minimum absolute atomic E-state index is 0.0880. The van der Waals surface area contributed by atoms with E-state index in [1.165, 1.54) is 6.07 Å². The molecule has 0 amide bonds. The molecule has 0 fully saturated rings. The van der Waals surface area contributed by atoms with Gasteiger partial charge in [-0.05, 0) is 30.9 Å². The highest BCUT2D eigenvalue weighted by Crippen LogP contribution is 2.29. The smallest absolute Gasteiger partial charge is 0.128 e. The minimum atomic E-state index is -0.139. The van der Waals surface area contributed by atoms with Gasteiger partial charge in [-0.15, -0.1) is 0 Å². The van der Waals surface area contributed by atoms with Crippen molar-refractivity contribution in [3.05, 3.63) is 35.1 Å². The zero-order valence-corrected chi connectivity index (χ0v) is 6.89. The first-order valence-corrected chi connectivity index (χ1v) is 4.32. The van der Waals surface area contributed by atoms with Crippen LogP contribution in [-0.4, -0.2) is 0 Å². The number of benzene rings is 1. The van der Waals surface area contributed by atoms with E-state index in [-0.39, 0.29) is 11.9 Å². The third kappa shape index (κ3) is 1.12. The molecule has 0 unspecified atom stereocenters. The highest BCUT2D eigenvalue weighted by atomic mass is 19.1. The van der Waals surface area contributed by atoms with Crippen molar-refractivity contribution in [2.24, 2.45) is 5.73 Å². The maximum absolute atomic E-state index is 13.2. The lowest BCUT2D eigenvalue weighted by Crippen LogP contribution is -2.18. The van der Waals surface area contributed by atoms with E-state index in [1.54, 1.807) is 6.07 Å². The second-order valence-corrected chi connectivity index (χ2v) is 3.31. The van der Waals surface area contributed by atoms with E-state index in [1.807, 2.05) is 6.07 Å². The van der Waals surface area contributed by atoms with Gasteiger partial charge in [-0.25, -0.2) is 4.39 Å². The van der Waals surface area contributed by atoms with Gasteiger partial charge in [-0.3, -0.25) is 0 Å². The Kier molecular flexibility index (Phi) is 1.85. The molecule has 1 nitrogen and oxygen atoms in total. The Hall–Kier alpha value is -0.890. The van der Waals surface area contributed by atoms with Crippen LogP contribution in [0.2, 0.25) is 0 Å². The average Bonchev–Trinajstić information content (AvgIpc) is 2.04. The van der Waals surface area contributed by atoms with Crippen molar-refractivity contribution in [1.82, 2.24) is 0 Å². The summed E-state index contributed by atoms with van der Waals surface area (Å²) in [4.78, 5) is 0. The number of hydrogen-bond donors (Lipinski definition) is 1. The van der Waals surface area contributed by atoms with Crippen molar-refractivity contribution in [3.8, 4) is 0 Å². The summed E-state index contributed by atoms with van der Waals surface area (Å²) in [7, 11) is 0. The second kappa shape index (κ2) is 2.87. The molecule has 64 valence electrons. The molecule has 0 saturated carbocycles. The van der Waals surface area contributed by atoms with Gasteiger partial charge in [-0.2, -0.15) is 0 Å². The zero-order chi connectivity index (χ0) is 8.55. The number of hydrogen-bond acceptors (Lipinski definition) is 1. The van der Waals surface area contributed by atoms with E-state index in [4.69, 9.17) is 5.73 Å². The molecular formula is C10H12FN. The molecule has 0 aromatic heterocycles. The number of fused-ring (bicyclic) bond motifs is 1. The fourth-order valence-electron chi connectivity index (χ4n) is 1.87. The summed E-state index contributed by atoms with van der Waals surface area (Å²) in [5.41, 5.74) is 7.64. The van der Waals surface area contributed by atoms with Gasteiger partial charge in [0.25, 0.3) is 0 Å². The summed E-state index contributed by atoms with van der Waals surface area (Å²) in [5.74, 6) is -0.139. The van der Waals surface area contributed by atoms with Gasteiger partial charge < -0.3 is 5.73 Å². The van der Waals surface area contributed by atoms with Crippen LogP contribution in [-0.2, 0) is 6.42 Å². The SMILES string of the molecule is N[C@H]1CCCc2cccc(F)c21. The fraction of sp³-hybridized carbons (Fsp3) is 0.400. The number of halogens is 1. The summed E-state index contributed by atoms with van der Waals surface area (Å²) in [6.45, 7) is 0. The van der Waals surface area contributed by atoms with Crippen LogP contribution in [0.1, 0.15) is 30.0 Å². The molecule has 0 saturated heterocycles. The molecule has 0 spiro atoms. The van der Waals surface area contributed by atoms with E-state index in [0.717, 1.165) is 30.4 Å². The lowest BCUT2D eigenvalue weighted by atomic mass is 9.88. The van der Waals surface area contributed by atoms with Crippen LogP contribution < -0.4 is 5.73 Å². The van der Waals surface area contributed by atoms with Crippen molar-refractivity contribution in [3.63, 3.8) is 0 Å². The maximum atomic E-state index is 13.2. The lowest BCUT2D eigenvalue weighted by Gasteiger charge is -2.22. The van der Waals surface area contributed by atoms with Crippen LogP contribution in [0.15, 0.2) is 18.2 Å². The van der Waals surface area contributed by atoms with Crippen LogP contribution in [0, 0.1) is 5.82 Å². The predicted molar refractivity (Wildman–Crippen MR) is 46.3 cm³/mol. The molecule has 2 rings (SSSR count). The van der Waals surface area contributed by atoms with Gasteiger partial charge >= 0.3 is 0 Å². The second-order valence-electron chi connectivity index (χ2n) is 3.31. The molecule has 1 atom stereocenters. The van der Waals surface area contributed by atoms with E-state index < -0.39 is 0 Å². The van der Waals surface area contributed by atoms with Gasteiger partial charge in [0.05, 0.1) is 0 Å². The monoisotopic (exact) mass is 165 g/mol. The van der Waals surface area contributed by atoms with Crippen LogP contribution in [0.3, 0.4) is 0 Å². The molecule has 1 aliphatic rings. The summed E-state index contributed by atoms with van der Waals surface area (Å²) < 4.78 is 13.2. The first-order valence-electron chi connectivity index (χ1n) is 4.32. The minimum Gasteiger partial charge on any atom is -0.324 e. The molecule has 12 heavy (non-hydrogen) atoms. The Labute approximate surface area is 71.4 Å². The van der Waals surface area contributed by atoms with Gasteiger partial charge in [0, 0.05) is 11.6 Å². The van der Waals surface area contributed by atoms with Crippen molar-refractivity contribution < 1.29 is 4.39 Å². The first kappa shape index (κ1) is 7.74. The van der Waals surface area contributed by atoms with E-state index in [2.05, 4.69) is 0 Å². The number of aryl methyl sites for hydroxylation is 1. The predicted octanol–water partition coefficient (Wildman–Crippen LogP) is 2.16. The van der Waals surface area contributed by atoms with E-state index in [0.29, 0.717) is 0 Å². The Bertz CT molecular complexity index is 296. The largest absolute Gasteiger partial charge is 0.324 e. The molecule has 0 radical (unpaired) electrons. The Balaban J connectivity index is 2.53. The van der Waals surface area contributed by atoms with Crippen LogP contribution in [0.5, 0.6) is 0 Å². The molecule has 1 aromatic rings. The lowest BCUT2D eigenvalue weighted by molar-refractivity contribution is 0.518. The summed E-state index contributed by atoms with van der Waals surface area (Å²) >= 11 is 0. The number of rotatable bonds is 0. The maximum Gasteiger partial charge on any atom is 0.128 e. The van der Waals surface area contributed by atoms with Crippen LogP contribution >= 0.6 is 0 Å². The highest BCUT2D eigenvalue weighted by Gasteiger charge is 2.19. The van der Waals surface area contributed by atoms with Crippen molar-refractivity contribution in [2.75, 3.05) is 0 Å². The summed E-state index contributed by atoms with van der Waals surface area (Å²) in [6, 6.07) is 5.13. The van der Waals surface area contributed by atoms with Crippen molar-refractivity contribution in [2.45, 2.75) is 25.3 Å². The third-order valence-corrected chi connectivity index (χ3v) is 2.48. The Morgan fingerprint density at radius 1 is 1.42 bits per heavy atom. The normalized spacial score (nSPS) is 22.0. The standard InChI is InChI=1S/C10H12FN/c11-8-5-1-3-7-4-2-6-9(12)10(7)8/h1,3,5,9H,2,4,6,12H2/t9-/m0/s1. The van der Waals surface area contributed by atoms with Gasteiger partial charge in [-0.1, -0.05) is 12.1 Å². The van der Waals surface area contributed by atoms with E-state index in [9.17, 15) is 4.39 Å². The van der Waals surface area contributed by atoms with Crippen LogP contribution in [0.4, 0.5) is 4.39 Å². The van der Waals surface area contributed by atoms with Crippen LogP contribution in [0.25, 0.3) is 0 Å². The quantitative estimate of drug-likeness (QED) is 0.626. The summed E-state index contributed by atoms with van der Waals surface area (Å²) in [6.07, 6.45) is 2.96. The fourth-order valence-corrected chi connectivity index (χ4v) is 1.87. The summed E-state index contributed by atoms with van der Waals surface area (Å²) in [5, 5.41) is 0. The molecule has 1 aliphatic carbocycles. The first-order chi connectivity index (χ1) is 5.79. The molecule has 0 bridgehead atoms. The molecule has 0 aliphatic heterocycles. The van der Waals surface area contributed by atoms with E-state index >= 15 is 0 Å². The Morgan fingerprint density at radius 3 is 3.00 bits per heavy atom. The molecule has 0 heterocycles. The zero-order valence-electron chi connectivity index (χ0n) is 6.89. The Morgan fingerprint density at radius 2 is 2.25 bits per heavy atom. The van der Waals surface area contributed by atoms with Crippen molar-refractivity contribution in [1.29, 1.82) is 0 Å². The number of nitrogens with two attached hydrogens (primary N) is 1. The highest BCUT2D eigenvalue weighted by molar-refractivity contribution is 5.33.